The average Bonchev–Trinajstić information content (AvgIpc) is 2.29. The van der Waals surface area contributed by atoms with Gasteiger partial charge in [0.05, 0.1) is 0 Å². The van der Waals surface area contributed by atoms with E-state index in [0.717, 1.165) is 12.8 Å². The van der Waals surface area contributed by atoms with Crippen molar-refractivity contribution in [3.63, 3.8) is 0 Å². The van der Waals surface area contributed by atoms with Crippen molar-refractivity contribution in [2.24, 2.45) is 5.92 Å². The molecule has 0 spiro atoms. The highest BCUT2D eigenvalue weighted by molar-refractivity contribution is 9.18. The van der Waals surface area contributed by atoms with E-state index in [2.05, 4.69) is 61.0 Å². The van der Waals surface area contributed by atoms with Gasteiger partial charge in [-0.1, -0.05) is 52.0 Å². The lowest BCUT2D eigenvalue weighted by Crippen LogP contribution is -2.15. The second kappa shape index (κ2) is 5.81. The van der Waals surface area contributed by atoms with Crippen LogP contribution in [0.3, 0.4) is 0 Å². The number of hydrogen-bond donors (Lipinski definition) is 0. The van der Waals surface area contributed by atoms with Gasteiger partial charge in [-0.15, -0.1) is 0 Å². The number of benzene rings is 1. The summed E-state index contributed by atoms with van der Waals surface area (Å²) in [5.74, 6) is 0.0417. The molecule has 0 saturated carbocycles. The van der Waals surface area contributed by atoms with E-state index in [-0.39, 0.29) is 16.0 Å². The van der Waals surface area contributed by atoms with Crippen molar-refractivity contribution < 1.29 is 4.79 Å². The molecule has 17 heavy (non-hydrogen) atoms. The summed E-state index contributed by atoms with van der Waals surface area (Å²) in [4.78, 5) is 11.1. The van der Waals surface area contributed by atoms with Gasteiger partial charge in [0.15, 0.2) is 0 Å². The maximum Gasteiger partial charge on any atom is 0.200 e. The fourth-order valence-corrected chi connectivity index (χ4v) is 1.89. The zero-order valence-electron chi connectivity index (χ0n) is 11.1. The lowest BCUT2D eigenvalue weighted by atomic mass is 9.82. The largest absolute Gasteiger partial charge is 0.286 e. The maximum atomic E-state index is 11.1. The van der Waals surface area contributed by atoms with Crippen molar-refractivity contribution in [3.8, 4) is 0 Å². The van der Waals surface area contributed by atoms with Crippen molar-refractivity contribution >= 4 is 20.6 Å². The van der Waals surface area contributed by atoms with Gasteiger partial charge in [-0.05, 0) is 45.3 Å². The lowest BCUT2D eigenvalue weighted by molar-refractivity contribution is -0.113. The minimum absolute atomic E-state index is 0.0417. The molecule has 0 radical (unpaired) electrons. The smallest absolute Gasteiger partial charge is 0.200 e. The molecule has 0 N–H and O–H groups in total. The highest BCUT2D eigenvalue weighted by atomic mass is 79.9. The van der Waals surface area contributed by atoms with Gasteiger partial charge in [-0.2, -0.15) is 0 Å². The standard InChI is InChI=1S/C15H21BrO/c1-5-15(3,4)13-8-6-12(7-9-13)10-11(2)14(16)17/h6-9,11H,5,10H2,1-4H3. The van der Waals surface area contributed by atoms with Gasteiger partial charge < -0.3 is 0 Å². The summed E-state index contributed by atoms with van der Waals surface area (Å²) in [5.41, 5.74) is 2.82. The van der Waals surface area contributed by atoms with Gasteiger partial charge in [0, 0.05) is 5.92 Å². The second-order valence-corrected chi connectivity index (χ2v) is 6.13. The summed E-state index contributed by atoms with van der Waals surface area (Å²) in [6.45, 7) is 8.67. The Hall–Kier alpha value is -0.630. The monoisotopic (exact) mass is 296 g/mol. The SMILES string of the molecule is CCC(C)(C)c1ccc(CC(C)C(=O)Br)cc1. The topological polar surface area (TPSA) is 17.1 Å². The Morgan fingerprint density at radius 1 is 1.29 bits per heavy atom. The highest BCUT2D eigenvalue weighted by Crippen LogP contribution is 2.27. The Morgan fingerprint density at radius 2 is 1.82 bits per heavy atom. The van der Waals surface area contributed by atoms with E-state index in [4.69, 9.17) is 0 Å². The second-order valence-electron chi connectivity index (χ2n) is 5.34. The molecule has 1 aromatic rings. The summed E-state index contributed by atoms with van der Waals surface area (Å²) in [7, 11) is 0. The van der Waals surface area contributed by atoms with E-state index in [0.29, 0.717) is 0 Å². The van der Waals surface area contributed by atoms with E-state index >= 15 is 0 Å². The molecule has 1 nitrogen and oxygen atoms in total. The van der Waals surface area contributed by atoms with E-state index in [9.17, 15) is 4.79 Å². The van der Waals surface area contributed by atoms with Crippen LogP contribution in [-0.2, 0) is 16.6 Å². The Bertz CT molecular complexity index is 378. The third kappa shape index (κ3) is 3.95. The van der Waals surface area contributed by atoms with Crippen molar-refractivity contribution in [3.05, 3.63) is 35.4 Å². The molecule has 0 aliphatic heterocycles. The molecule has 94 valence electrons. The predicted octanol–water partition coefficient (Wildman–Crippen LogP) is 4.47. The molecule has 0 fully saturated rings. The normalized spacial score (nSPS) is 13.5. The molecular weight excluding hydrogens is 276 g/mol. The van der Waals surface area contributed by atoms with Crippen LogP contribution in [0.2, 0.25) is 0 Å². The van der Waals surface area contributed by atoms with Gasteiger partial charge in [0.1, 0.15) is 0 Å². The molecule has 0 aliphatic rings. The minimum atomic E-state index is 0.0417. The van der Waals surface area contributed by atoms with Gasteiger partial charge in [-0.25, -0.2) is 0 Å². The Kier molecular flexibility index (Phi) is 4.93. The number of rotatable bonds is 5. The summed E-state index contributed by atoms with van der Waals surface area (Å²) in [6.07, 6.45) is 1.93. The zero-order chi connectivity index (χ0) is 13.1. The Morgan fingerprint density at radius 3 is 2.24 bits per heavy atom. The summed E-state index contributed by atoms with van der Waals surface area (Å²) in [6, 6.07) is 8.65. The number of carbonyl (C=O) groups excluding carboxylic acids is 1. The Balaban J connectivity index is 2.78. The van der Waals surface area contributed by atoms with E-state index < -0.39 is 0 Å². The third-order valence-corrected chi connectivity index (χ3v) is 4.33. The van der Waals surface area contributed by atoms with Gasteiger partial charge in [0.2, 0.25) is 4.69 Å². The molecule has 0 aliphatic carbocycles. The molecule has 0 heterocycles. The van der Waals surface area contributed by atoms with Gasteiger partial charge in [-0.3, -0.25) is 4.79 Å². The first-order chi connectivity index (χ1) is 7.86. The van der Waals surface area contributed by atoms with Crippen molar-refractivity contribution in [2.45, 2.75) is 46.0 Å². The molecule has 0 bridgehead atoms. The van der Waals surface area contributed by atoms with Crippen LogP contribution in [0.4, 0.5) is 0 Å². The van der Waals surface area contributed by atoms with E-state index in [1.54, 1.807) is 0 Å². The fraction of sp³-hybridized carbons (Fsp3) is 0.533. The summed E-state index contributed by atoms with van der Waals surface area (Å²) in [5, 5.41) is 0. The van der Waals surface area contributed by atoms with Crippen LogP contribution in [-0.4, -0.2) is 4.69 Å². The molecule has 0 aromatic heterocycles. The summed E-state index contributed by atoms with van der Waals surface area (Å²) < 4.78 is 0.0791. The first kappa shape index (κ1) is 14.4. The van der Waals surface area contributed by atoms with Crippen LogP contribution in [0.5, 0.6) is 0 Å². The molecule has 0 amide bonds. The van der Waals surface area contributed by atoms with E-state index in [1.807, 2.05) is 6.92 Å². The van der Waals surface area contributed by atoms with Crippen molar-refractivity contribution in [1.29, 1.82) is 0 Å². The zero-order valence-corrected chi connectivity index (χ0v) is 12.7. The number of halogens is 1. The lowest BCUT2D eigenvalue weighted by Gasteiger charge is -2.23. The number of hydrogen-bond acceptors (Lipinski definition) is 1. The van der Waals surface area contributed by atoms with Crippen LogP contribution >= 0.6 is 15.9 Å². The first-order valence-corrected chi connectivity index (χ1v) is 6.95. The van der Waals surface area contributed by atoms with Crippen LogP contribution in [0, 0.1) is 5.92 Å². The minimum Gasteiger partial charge on any atom is -0.286 e. The third-order valence-electron chi connectivity index (χ3n) is 3.55. The molecule has 0 saturated heterocycles. The molecule has 1 aromatic carbocycles. The Labute approximate surface area is 113 Å². The van der Waals surface area contributed by atoms with Crippen LogP contribution in [0.15, 0.2) is 24.3 Å². The van der Waals surface area contributed by atoms with Crippen molar-refractivity contribution in [2.75, 3.05) is 0 Å². The van der Waals surface area contributed by atoms with Crippen LogP contribution < -0.4 is 0 Å². The summed E-state index contributed by atoms with van der Waals surface area (Å²) >= 11 is 3.02. The predicted molar refractivity (Wildman–Crippen MR) is 76.6 cm³/mol. The van der Waals surface area contributed by atoms with E-state index in [1.165, 1.54) is 11.1 Å². The number of carbonyl (C=O) groups is 1. The molecular formula is C15H21BrO. The maximum absolute atomic E-state index is 11.1. The highest BCUT2D eigenvalue weighted by Gasteiger charge is 2.18. The average molecular weight is 297 g/mol. The fourth-order valence-electron chi connectivity index (χ4n) is 1.73. The molecule has 1 atom stereocenters. The molecule has 1 rings (SSSR count). The van der Waals surface area contributed by atoms with Crippen LogP contribution in [0.25, 0.3) is 0 Å². The van der Waals surface area contributed by atoms with Crippen LogP contribution in [0.1, 0.15) is 45.2 Å². The van der Waals surface area contributed by atoms with Gasteiger partial charge >= 0.3 is 0 Å². The van der Waals surface area contributed by atoms with Gasteiger partial charge in [0.25, 0.3) is 0 Å². The molecule has 2 heteroatoms. The first-order valence-electron chi connectivity index (χ1n) is 6.15. The molecule has 1 unspecified atom stereocenters. The quantitative estimate of drug-likeness (QED) is 0.733. The van der Waals surface area contributed by atoms with Crippen molar-refractivity contribution in [1.82, 2.24) is 0 Å².